The Morgan fingerprint density at radius 1 is 0.438 bits per heavy atom. The standard InChI is InChI=1S/2C18H33P.C5H4N.CH2O.ClH.Ru/c2*1-4-10-16(11-5-1)19(17-12-6-2-7-13-17)18-14-8-3-9-15-18;1-2-4-6-5-3-1;1-2;;/h2*16-18H,1-15H2;1-4H;1H2;1H;/q;;-1;;;+2/p-1. The molecule has 0 aromatic carbocycles. The summed E-state index contributed by atoms with van der Waals surface area (Å²) in [4.78, 5) is 11.7. The largest absolute Gasteiger partial charge is 0.394 e. The summed E-state index contributed by atoms with van der Waals surface area (Å²) in [6, 6.07) is 5.50. The molecule has 0 atom stereocenters. The van der Waals surface area contributed by atoms with Crippen LogP contribution in [0.1, 0.15) is 193 Å². The molecule has 0 aliphatic heterocycles. The van der Waals surface area contributed by atoms with Crippen molar-refractivity contribution < 1.29 is 22.1 Å². The number of halogens is 1. The average Bonchev–Trinajstić information content (AvgIpc) is 3.20. The summed E-state index contributed by atoms with van der Waals surface area (Å²) in [6.07, 6.45) is 51.6. The summed E-state index contributed by atoms with van der Waals surface area (Å²) in [7, 11) is 5.34. The van der Waals surface area contributed by atoms with Crippen molar-refractivity contribution in [2.75, 3.05) is 0 Å². The van der Waals surface area contributed by atoms with Crippen LogP contribution in [-0.4, -0.2) is 45.7 Å². The average molecular weight is 806 g/mol. The second-order valence-electron chi connectivity index (χ2n) is 15.6. The van der Waals surface area contributed by atoms with Crippen LogP contribution in [0.25, 0.3) is 0 Å². The van der Waals surface area contributed by atoms with Gasteiger partial charge in [-0.3, -0.25) is 0 Å². The maximum atomic E-state index is 8.00. The Kier molecular flexibility index (Phi) is 25.2. The Morgan fingerprint density at radius 3 is 0.792 bits per heavy atom. The summed E-state index contributed by atoms with van der Waals surface area (Å²) in [6.45, 7) is 2.00. The summed E-state index contributed by atoms with van der Waals surface area (Å²) in [5.74, 6) is 0. The number of pyridine rings is 1. The fraction of sp³-hybridized carbons (Fsp3) is 0.857. The van der Waals surface area contributed by atoms with E-state index in [0.717, 1.165) is 0 Å². The van der Waals surface area contributed by atoms with Gasteiger partial charge in [0.25, 0.3) is 0 Å². The van der Waals surface area contributed by atoms with Crippen LogP contribution in [0.3, 0.4) is 0 Å². The Balaban J connectivity index is 0.000000204. The van der Waals surface area contributed by atoms with E-state index in [4.69, 9.17) is 4.79 Å². The predicted octanol–water partition coefficient (Wildman–Crippen LogP) is 14.3. The molecule has 6 aliphatic rings. The van der Waals surface area contributed by atoms with Gasteiger partial charge in [0.1, 0.15) is 6.79 Å². The number of hydrogen-bond acceptors (Lipinski definition) is 2. The smallest absolute Gasteiger partial charge is 0.0813 e. The number of aromatic nitrogens is 1. The minimum absolute atomic E-state index is 0.385. The van der Waals surface area contributed by atoms with Crippen molar-refractivity contribution in [3.05, 3.63) is 30.6 Å². The van der Waals surface area contributed by atoms with Crippen LogP contribution in [0.2, 0.25) is 0 Å². The van der Waals surface area contributed by atoms with E-state index in [-0.39, 0.29) is 0 Å². The summed E-state index contributed by atoms with van der Waals surface area (Å²) < 4.78 is 0. The molecule has 1 aromatic heterocycles. The van der Waals surface area contributed by atoms with E-state index < -0.39 is 0 Å². The Hall–Kier alpha value is 0.593. The third-order valence-corrected chi connectivity index (χ3v) is 20.7. The molecule has 0 N–H and O–H groups in total. The van der Waals surface area contributed by atoms with Crippen LogP contribution in [0, 0.1) is 6.20 Å². The van der Waals surface area contributed by atoms with Gasteiger partial charge in [0.2, 0.25) is 0 Å². The van der Waals surface area contributed by atoms with Crippen molar-refractivity contribution in [1.29, 1.82) is 0 Å². The zero-order chi connectivity index (χ0) is 34.1. The molecule has 0 spiro atoms. The Bertz CT molecular complexity index is 680. The van der Waals surface area contributed by atoms with E-state index in [1.165, 1.54) is 72.5 Å². The fourth-order valence-corrected chi connectivity index (χ4v) is 19.7. The van der Waals surface area contributed by atoms with Gasteiger partial charge >= 0.3 is 27.0 Å². The molecule has 0 amide bonds. The number of nitrogens with zero attached hydrogens (tertiary/aromatic N) is 1. The van der Waals surface area contributed by atoms with E-state index in [2.05, 4.69) is 20.9 Å². The zero-order valence-electron chi connectivity index (χ0n) is 30.7. The van der Waals surface area contributed by atoms with Gasteiger partial charge in [-0.15, -0.1) is 0 Å². The first kappa shape index (κ1) is 43.0. The number of carbonyl (C=O) groups excluding carboxylic acids is 1. The first-order chi connectivity index (χ1) is 23.9. The van der Waals surface area contributed by atoms with Crippen molar-refractivity contribution in [3.8, 4) is 0 Å². The van der Waals surface area contributed by atoms with Crippen LogP contribution in [0.15, 0.2) is 24.4 Å². The second kappa shape index (κ2) is 28.1. The van der Waals surface area contributed by atoms with Gasteiger partial charge in [-0.1, -0.05) is 144 Å². The maximum Gasteiger partial charge on any atom is -0.0813 e. The fourth-order valence-electron chi connectivity index (χ4n) is 10.3. The maximum absolute atomic E-state index is 8.00. The zero-order valence-corrected chi connectivity index (χ0v) is 35.0. The predicted molar refractivity (Wildman–Crippen MR) is 211 cm³/mol. The molecular formula is C42H72ClNOP2Ru. The minimum atomic E-state index is 0.385. The molecule has 0 bridgehead atoms. The van der Waals surface area contributed by atoms with Gasteiger partial charge in [-0.05, 0) is 111 Å². The molecule has 0 unspecified atom stereocenters. The van der Waals surface area contributed by atoms with Gasteiger partial charge < -0.3 is 9.78 Å². The van der Waals surface area contributed by atoms with Crippen LogP contribution in [0.5, 0.6) is 0 Å². The van der Waals surface area contributed by atoms with Crippen molar-refractivity contribution in [2.45, 2.75) is 227 Å². The van der Waals surface area contributed by atoms with Gasteiger partial charge in [0.15, 0.2) is 0 Å². The van der Waals surface area contributed by atoms with Gasteiger partial charge in [0, 0.05) is 0 Å². The van der Waals surface area contributed by atoms with Gasteiger partial charge in [0.05, 0.1) is 0 Å². The van der Waals surface area contributed by atoms with Gasteiger partial charge in [-0.25, -0.2) is 0 Å². The van der Waals surface area contributed by atoms with Crippen LogP contribution in [-0.2, 0) is 22.1 Å². The molecule has 0 radical (unpaired) electrons. The SMILES string of the molecule is C1CCC(P(C2CCCCC2)C2CCCCC2)CC1.C1CCC(P(C2CCCCC2)C2CCCCC2)CC1.C=O.[Cl][Ru+].[c-]1ccccn1. The minimum Gasteiger partial charge on any atom is -0.394 e. The van der Waals surface area contributed by atoms with Crippen molar-refractivity contribution in [2.24, 2.45) is 0 Å². The summed E-state index contributed by atoms with van der Waals surface area (Å²) >= 11 is 1.82. The Morgan fingerprint density at radius 2 is 0.667 bits per heavy atom. The van der Waals surface area contributed by atoms with Crippen LogP contribution >= 0.6 is 25.5 Å². The van der Waals surface area contributed by atoms with Crippen molar-refractivity contribution >= 4 is 32.3 Å². The molecular weight excluding hydrogens is 733 g/mol. The number of hydrogen-bond donors (Lipinski definition) is 0. The van der Waals surface area contributed by atoms with Crippen LogP contribution in [0.4, 0.5) is 0 Å². The molecule has 6 aliphatic carbocycles. The third-order valence-electron chi connectivity index (χ3n) is 12.5. The molecule has 6 fully saturated rings. The van der Waals surface area contributed by atoms with E-state index >= 15 is 0 Å². The monoisotopic (exact) mass is 805 g/mol. The topological polar surface area (TPSA) is 30.0 Å². The molecule has 6 heteroatoms. The first-order valence-electron chi connectivity index (χ1n) is 20.6. The molecule has 6 saturated carbocycles. The number of rotatable bonds is 6. The third kappa shape index (κ3) is 15.7. The number of carbonyl (C=O) groups is 1. The molecule has 1 heterocycles. The molecule has 276 valence electrons. The van der Waals surface area contributed by atoms with E-state index in [1.54, 1.807) is 166 Å². The van der Waals surface area contributed by atoms with Gasteiger partial charge in [-0.2, -0.15) is 18.2 Å². The van der Waals surface area contributed by atoms with Crippen LogP contribution < -0.4 is 0 Å². The van der Waals surface area contributed by atoms with Crippen molar-refractivity contribution in [1.82, 2.24) is 4.98 Å². The second-order valence-corrected chi connectivity index (χ2v) is 21.8. The van der Waals surface area contributed by atoms with E-state index in [0.29, 0.717) is 15.8 Å². The van der Waals surface area contributed by atoms with E-state index in [1.807, 2.05) is 36.2 Å². The molecule has 2 nitrogen and oxygen atoms in total. The summed E-state index contributed by atoms with van der Waals surface area (Å²) in [5.41, 5.74) is 7.14. The van der Waals surface area contributed by atoms with E-state index in [9.17, 15) is 0 Å². The molecule has 0 saturated heterocycles. The first-order valence-corrected chi connectivity index (χ1v) is 26.0. The quantitative estimate of drug-likeness (QED) is 0.163. The van der Waals surface area contributed by atoms with Crippen molar-refractivity contribution in [3.63, 3.8) is 0 Å². The molecule has 7 rings (SSSR count). The Labute approximate surface area is 314 Å². The normalized spacial score (nSPS) is 24.1. The summed E-state index contributed by atoms with van der Waals surface area (Å²) in [5, 5.41) is 0. The molecule has 48 heavy (non-hydrogen) atoms. The molecule has 1 aromatic rings.